The molecule has 1 fully saturated rings. The third-order valence-electron chi connectivity index (χ3n) is 3.30. The predicted octanol–water partition coefficient (Wildman–Crippen LogP) is 3.19. The first-order valence-electron chi connectivity index (χ1n) is 6.11. The molecule has 2 nitrogen and oxygen atoms in total. The molecular weight excluding hydrogens is 198 g/mol. The summed E-state index contributed by atoms with van der Waals surface area (Å²) in [6, 6.07) is 6.07. The van der Waals surface area contributed by atoms with Crippen LogP contribution in [-0.4, -0.2) is 18.9 Å². The van der Waals surface area contributed by atoms with Gasteiger partial charge in [0.05, 0.1) is 0 Å². The highest BCUT2D eigenvalue weighted by molar-refractivity contribution is 5.96. The molecule has 1 heterocycles. The van der Waals surface area contributed by atoms with E-state index in [1.165, 1.54) is 24.1 Å². The lowest BCUT2D eigenvalue weighted by Crippen LogP contribution is -2.19. The van der Waals surface area contributed by atoms with Crippen LogP contribution in [-0.2, 0) is 0 Å². The summed E-state index contributed by atoms with van der Waals surface area (Å²) in [5, 5.41) is 0. The maximum absolute atomic E-state index is 11.7. The van der Waals surface area contributed by atoms with Crippen molar-refractivity contribution in [1.29, 1.82) is 0 Å². The summed E-state index contributed by atoms with van der Waals surface area (Å²) in [4.78, 5) is 14.1. The molecule has 2 rings (SSSR count). The number of rotatable bonds is 3. The van der Waals surface area contributed by atoms with Gasteiger partial charge in [-0.2, -0.15) is 0 Å². The van der Waals surface area contributed by atoms with Gasteiger partial charge in [-0.25, -0.2) is 0 Å². The Balaban J connectivity index is 2.32. The summed E-state index contributed by atoms with van der Waals surface area (Å²) in [5.74, 6) is 0.237. The summed E-state index contributed by atoms with van der Waals surface area (Å²) in [6.45, 7) is 6.29. The first-order valence-corrected chi connectivity index (χ1v) is 6.11. The molecule has 1 aliphatic heterocycles. The molecule has 0 unspecified atom stereocenters. The van der Waals surface area contributed by atoms with Crippen molar-refractivity contribution in [2.45, 2.75) is 33.1 Å². The van der Waals surface area contributed by atoms with Gasteiger partial charge in [-0.1, -0.05) is 19.1 Å². The fourth-order valence-electron chi connectivity index (χ4n) is 2.29. The zero-order valence-electron chi connectivity index (χ0n) is 10.1. The second-order valence-electron chi connectivity index (χ2n) is 4.47. The van der Waals surface area contributed by atoms with E-state index in [0.29, 0.717) is 6.42 Å². The Bertz CT molecular complexity index is 392. The molecule has 16 heavy (non-hydrogen) atoms. The van der Waals surface area contributed by atoms with Crippen LogP contribution in [0, 0.1) is 6.92 Å². The number of carbonyl (C=O) groups excluding carboxylic acids is 1. The lowest BCUT2D eigenvalue weighted by Gasteiger charge is -2.20. The van der Waals surface area contributed by atoms with Crippen LogP contribution in [0.1, 0.15) is 42.1 Å². The predicted molar refractivity (Wildman–Crippen MR) is 67.2 cm³/mol. The maximum atomic E-state index is 11.7. The minimum absolute atomic E-state index is 0.237. The summed E-state index contributed by atoms with van der Waals surface area (Å²) < 4.78 is 0. The monoisotopic (exact) mass is 217 g/mol. The van der Waals surface area contributed by atoms with Gasteiger partial charge in [-0.3, -0.25) is 4.79 Å². The van der Waals surface area contributed by atoms with E-state index >= 15 is 0 Å². The van der Waals surface area contributed by atoms with Crippen LogP contribution in [0.2, 0.25) is 0 Å². The van der Waals surface area contributed by atoms with Crippen molar-refractivity contribution >= 4 is 11.5 Å². The van der Waals surface area contributed by atoms with E-state index in [1.807, 2.05) is 13.0 Å². The van der Waals surface area contributed by atoms with Gasteiger partial charge in [0.2, 0.25) is 0 Å². The highest BCUT2D eigenvalue weighted by Crippen LogP contribution is 2.25. The highest BCUT2D eigenvalue weighted by atomic mass is 16.1. The van der Waals surface area contributed by atoms with E-state index in [2.05, 4.69) is 24.0 Å². The zero-order chi connectivity index (χ0) is 11.5. The topological polar surface area (TPSA) is 20.3 Å². The number of Topliss-reactive ketones (excluding diaryl/α,β-unsaturated/α-hetero) is 1. The lowest BCUT2D eigenvalue weighted by molar-refractivity contribution is 0.0988. The molecular formula is C14H19NO. The number of ketones is 1. The fourth-order valence-corrected chi connectivity index (χ4v) is 2.29. The van der Waals surface area contributed by atoms with Gasteiger partial charge < -0.3 is 4.90 Å². The molecule has 0 radical (unpaired) electrons. The molecule has 0 aromatic heterocycles. The molecule has 1 saturated heterocycles. The van der Waals surface area contributed by atoms with Gasteiger partial charge in [-0.15, -0.1) is 0 Å². The van der Waals surface area contributed by atoms with E-state index in [0.717, 1.165) is 18.7 Å². The summed E-state index contributed by atoms with van der Waals surface area (Å²) >= 11 is 0. The third kappa shape index (κ3) is 2.11. The lowest BCUT2D eigenvalue weighted by atomic mass is 10.0. The second kappa shape index (κ2) is 4.69. The molecule has 0 spiro atoms. The van der Waals surface area contributed by atoms with E-state index in [4.69, 9.17) is 0 Å². The Hall–Kier alpha value is -1.31. The van der Waals surface area contributed by atoms with Crippen molar-refractivity contribution in [2.75, 3.05) is 18.0 Å². The Morgan fingerprint density at radius 3 is 2.62 bits per heavy atom. The molecule has 1 aromatic rings. The minimum Gasteiger partial charge on any atom is -0.371 e. The Kier molecular flexibility index (Phi) is 3.28. The number of hydrogen-bond donors (Lipinski definition) is 0. The number of anilines is 1. The van der Waals surface area contributed by atoms with Crippen molar-refractivity contribution in [3.63, 3.8) is 0 Å². The Morgan fingerprint density at radius 1 is 1.31 bits per heavy atom. The first-order chi connectivity index (χ1) is 7.72. The van der Waals surface area contributed by atoms with E-state index < -0.39 is 0 Å². The van der Waals surface area contributed by atoms with Gasteiger partial charge in [0.1, 0.15) is 0 Å². The molecule has 0 aliphatic carbocycles. The average molecular weight is 217 g/mol. The van der Waals surface area contributed by atoms with Crippen LogP contribution in [0.3, 0.4) is 0 Å². The zero-order valence-corrected chi connectivity index (χ0v) is 10.1. The van der Waals surface area contributed by atoms with Crippen LogP contribution in [0.5, 0.6) is 0 Å². The summed E-state index contributed by atoms with van der Waals surface area (Å²) in [5.41, 5.74) is 3.38. The van der Waals surface area contributed by atoms with Crippen LogP contribution in [0.25, 0.3) is 0 Å². The molecule has 2 heteroatoms. The molecule has 0 bridgehead atoms. The molecule has 0 N–H and O–H groups in total. The van der Waals surface area contributed by atoms with Gasteiger partial charge in [0.25, 0.3) is 0 Å². The molecule has 1 aliphatic rings. The van der Waals surface area contributed by atoms with Gasteiger partial charge >= 0.3 is 0 Å². The second-order valence-corrected chi connectivity index (χ2v) is 4.47. The number of aryl methyl sites for hydroxylation is 1. The molecule has 0 saturated carbocycles. The van der Waals surface area contributed by atoms with Crippen LogP contribution in [0.4, 0.5) is 5.69 Å². The largest absolute Gasteiger partial charge is 0.371 e. The van der Waals surface area contributed by atoms with Crippen LogP contribution in [0.15, 0.2) is 18.2 Å². The summed E-state index contributed by atoms with van der Waals surface area (Å²) in [7, 11) is 0. The number of hydrogen-bond acceptors (Lipinski definition) is 2. The van der Waals surface area contributed by atoms with Crippen molar-refractivity contribution in [2.24, 2.45) is 0 Å². The van der Waals surface area contributed by atoms with E-state index in [1.54, 1.807) is 0 Å². The SMILES string of the molecule is CCC(=O)c1ccc(C)c(N2CCCC2)c1. The van der Waals surface area contributed by atoms with Gasteiger partial charge in [0, 0.05) is 30.8 Å². The molecule has 0 atom stereocenters. The average Bonchev–Trinajstić information content (AvgIpc) is 2.82. The van der Waals surface area contributed by atoms with E-state index in [-0.39, 0.29) is 5.78 Å². The van der Waals surface area contributed by atoms with Crippen LogP contribution < -0.4 is 4.90 Å². The minimum atomic E-state index is 0.237. The third-order valence-corrected chi connectivity index (χ3v) is 3.30. The first kappa shape index (κ1) is 11.2. The molecule has 86 valence electrons. The quantitative estimate of drug-likeness (QED) is 0.725. The molecule has 1 aromatic carbocycles. The van der Waals surface area contributed by atoms with Crippen molar-refractivity contribution in [1.82, 2.24) is 0 Å². The summed E-state index contributed by atoms with van der Waals surface area (Å²) in [6.07, 6.45) is 3.12. The Labute approximate surface area is 97.3 Å². The highest BCUT2D eigenvalue weighted by Gasteiger charge is 2.15. The Morgan fingerprint density at radius 2 is 2.00 bits per heavy atom. The van der Waals surface area contributed by atoms with Crippen molar-refractivity contribution in [3.8, 4) is 0 Å². The number of nitrogens with zero attached hydrogens (tertiary/aromatic N) is 1. The smallest absolute Gasteiger partial charge is 0.162 e. The maximum Gasteiger partial charge on any atom is 0.162 e. The number of benzene rings is 1. The van der Waals surface area contributed by atoms with Gasteiger partial charge in [-0.05, 0) is 31.4 Å². The van der Waals surface area contributed by atoms with Crippen LogP contribution >= 0.6 is 0 Å². The fraction of sp³-hybridized carbons (Fsp3) is 0.500. The number of carbonyl (C=O) groups is 1. The molecule has 0 amide bonds. The van der Waals surface area contributed by atoms with Gasteiger partial charge in [0.15, 0.2) is 5.78 Å². The standard InChI is InChI=1S/C14H19NO/c1-3-14(16)12-7-6-11(2)13(10-12)15-8-4-5-9-15/h6-7,10H,3-5,8-9H2,1-2H3. The van der Waals surface area contributed by atoms with Crippen molar-refractivity contribution < 1.29 is 4.79 Å². The normalized spacial score (nSPS) is 15.5. The van der Waals surface area contributed by atoms with E-state index in [9.17, 15) is 4.79 Å². The van der Waals surface area contributed by atoms with Crippen molar-refractivity contribution in [3.05, 3.63) is 29.3 Å².